The lowest BCUT2D eigenvalue weighted by Crippen LogP contribution is -2.59. The fourth-order valence-corrected chi connectivity index (χ4v) is 10.1. The molecule has 2 aliphatic rings. The number of para-hydroxylation sites is 3. The third-order valence-electron chi connectivity index (χ3n) is 13.9. The zero-order valence-corrected chi connectivity index (χ0v) is 42.4. The third-order valence-corrected chi connectivity index (χ3v) is 13.9. The molecular weight excluding hydrogens is 871 g/mol. The minimum absolute atomic E-state index is 0.0281. The fraction of sp³-hybridized carbons (Fsp3) is 0.233. The number of aromatic nitrogens is 3. The molecule has 1 fully saturated rings. The van der Waals surface area contributed by atoms with Crippen molar-refractivity contribution in [3.05, 3.63) is 193 Å². The second-order valence-electron chi connectivity index (χ2n) is 22.4. The monoisotopic (exact) mass is 931 g/mol. The molecule has 8 nitrogen and oxygen atoms in total. The minimum atomic E-state index is -0.678. The highest BCUT2D eigenvalue weighted by Gasteiger charge is 2.52. The molecule has 1 saturated heterocycles. The molecule has 0 unspecified atom stereocenters. The van der Waals surface area contributed by atoms with Gasteiger partial charge in [-0.3, -0.25) is 9.55 Å². The molecule has 0 aliphatic carbocycles. The van der Waals surface area contributed by atoms with Crippen LogP contribution in [0.1, 0.15) is 79.0 Å². The molecule has 0 amide bonds. The van der Waals surface area contributed by atoms with Crippen LogP contribution in [0, 0.1) is 0 Å². The molecule has 6 aromatic carbocycles. The largest absolute Gasteiger partial charge is 0.468 e. The van der Waals surface area contributed by atoms with Crippen LogP contribution in [0.3, 0.4) is 0 Å². The lowest BCUT2D eigenvalue weighted by molar-refractivity contribution is 0.250. The van der Waals surface area contributed by atoms with E-state index < -0.39 is 21.4 Å². The Hall–Kier alpha value is -6.91. The Morgan fingerprint density at radius 2 is 1.21 bits per heavy atom. The summed E-state index contributed by atoms with van der Waals surface area (Å²) in [6.07, 6.45) is 6.64. The lowest BCUT2D eigenvalue weighted by Gasteiger charge is -2.41. The summed E-state index contributed by atoms with van der Waals surface area (Å²) in [5.41, 5.74) is 15.6. The molecule has 0 bridgehead atoms. The molecule has 352 valence electrons. The van der Waals surface area contributed by atoms with Crippen LogP contribution in [0.5, 0.6) is 0 Å². The van der Waals surface area contributed by atoms with Crippen molar-refractivity contribution < 1.29 is 13.7 Å². The average Bonchev–Trinajstić information content (AvgIpc) is 3.91. The van der Waals surface area contributed by atoms with E-state index in [0.717, 1.165) is 61.8 Å². The standard InChI is InChI=1S/C60H60B3N5O3/c1-58(2,3)46-31-32-65-56(37-46)68-52-30-28-45(43-19-12-10-13-20-43)36-50(52)49-29-27-41(35-55(49)68)33-42-34-47(39-64-38-42)66-40-67(54-26-17-16-25-53(54)66)57-48(44-21-14-11-15-22-44)23-18-24-51(57)61-69-62(59(4,5)6)71-63(70-61)60(7,8)9/h10-32,34-39H,33,40H2,1-9H3. The van der Waals surface area contributed by atoms with Crippen LogP contribution in [0.4, 0.5) is 22.7 Å². The van der Waals surface area contributed by atoms with Gasteiger partial charge in [0.1, 0.15) is 12.5 Å². The quantitative estimate of drug-likeness (QED) is 0.141. The Labute approximate surface area is 420 Å². The molecule has 0 saturated carbocycles. The second kappa shape index (κ2) is 18.1. The summed E-state index contributed by atoms with van der Waals surface area (Å²) in [6, 6.07) is 56.8. The maximum absolute atomic E-state index is 6.84. The van der Waals surface area contributed by atoms with Gasteiger partial charge in [0.05, 0.1) is 40.0 Å². The number of hydrogen-bond donors (Lipinski definition) is 0. The first kappa shape index (κ1) is 46.5. The van der Waals surface area contributed by atoms with Gasteiger partial charge in [0.15, 0.2) is 0 Å². The van der Waals surface area contributed by atoms with Gasteiger partial charge in [-0.05, 0) is 104 Å². The van der Waals surface area contributed by atoms with Gasteiger partial charge in [0.2, 0.25) is 0 Å². The lowest BCUT2D eigenvalue weighted by atomic mass is 9.50. The molecule has 0 spiro atoms. The molecular formula is C60H60B3N5O3. The number of nitrogens with zero attached hydrogens (tertiary/aromatic N) is 5. The van der Waals surface area contributed by atoms with E-state index in [-0.39, 0.29) is 16.0 Å². The minimum Gasteiger partial charge on any atom is -0.452 e. The summed E-state index contributed by atoms with van der Waals surface area (Å²) >= 11 is 0. The first-order valence-electron chi connectivity index (χ1n) is 24.9. The van der Waals surface area contributed by atoms with E-state index in [0.29, 0.717) is 13.1 Å². The summed E-state index contributed by atoms with van der Waals surface area (Å²) in [6.45, 7) is 20.2. The first-order chi connectivity index (χ1) is 34.1. The topological polar surface area (TPSA) is 64.9 Å². The summed E-state index contributed by atoms with van der Waals surface area (Å²) in [7, 11) is -1.65. The van der Waals surface area contributed by atoms with Crippen LogP contribution >= 0.6 is 0 Å². The van der Waals surface area contributed by atoms with Gasteiger partial charge < -0.3 is 23.5 Å². The Balaban J connectivity index is 0.976. The predicted molar refractivity (Wildman–Crippen MR) is 297 cm³/mol. The summed E-state index contributed by atoms with van der Waals surface area (Å²) < 4.78 is 22.6. The molecule has 11 heteroatoms. The number of anilines is 4. The molecule has 5 heterocycles. The third kappa shape index (κ3) is 8.96. The number of pyridine rings is 2. The van der Waals surface area contributed by atoms with E-state index in [1.54, 1.807) is 0 Å². The zero-order chi connectivity index (χ0) is 49.2. The summed E-state index contributed by atoms with van der Waals surface area (Å²) in [5, 5.41) is 1.82. The van der Waals surface area contributed by atoms with Crippen LogP contribution in [0.2, 0.25) is 10.6 Å². The zero-order valence-electron chi connectivity index (χ0n) is 42.4. The highest BCUT2D eigenvalue weighted by atomic mass is 16.7. The molecule has 11 rings (SSSR count). The second-order valence-corrected chi connectivity index (χ2v) is 22.4. The van der Waals surface area contributed by atoms with Crippen molar-refractivity contribution >= 4 is 71.4 Å². The average molecular weight is 932 g/mol. The maximum Gasteiger partial charge on any atom is 0.468 e. The highest BCUT2D eigenvalue weighted by molar-refractivity contribution is 6.81. The van der Waals surface area contributed by atoms with Crippen molar-refractivity contribution in [2.24, 2.45) is 0 Å². The van der Waals surface area contributed by atoms with E-state index in [1.165, 1.54) is 33.0 Å². The van der Waals surface area contributed by atoms with Crippen LogP contribution in [-0.4, -0.2) is 42.6 Å². The van der Waals surface area contributed by atoms with Crippen LogP contribution in [0.15, 0.2) is 176 Å². The molecule has 71 heavy (non-hydrogen) atoms. The molecule has 0 atom stereocenters. The van der Waals surface area contributed by atoms with Gasteiger partial charge in [-0.15, -0.1) is 0 Å². The summed E-state index contributed by atoms with van der Waals surface area (Å²) in [5.74, 6) is 0.915. The molecule has 0 radical (unpaired) electrons. The molecule has 0 N–H and O–H groups in total. The van der Waals surface area contributed by atoms with Gasteiger partial charge in [-0.1, -0.05) is 172 Å². The first-order valence-corrected chi connectivity index (χ1v) is 24.9. The van der Waals surface area contributed by atoms with Crippen molar-refractivity contribution in [1.82, 2.24) is 14.5 Å². The van der Waals surface area contributed by atoms with Crippen molar-refractivity contribution in [3.63, 3.8) is 0 Å². The van der Waals surface area contributed by atoms with Crippen molar-refractivity contribution in [1.29, 1.82) is 0 Å². The maximum atomic E-state index is 6.84. The van der Waals surface area contributed by atoms with Gasteiger partial charge >= 0.3 is 21.4 Å². The van der Waals surface area contributed by atoms with E-state index in [9.17, 15) is 0 Å². The van der Waals surface area contributed by atoms with E-state index in [2.05, 4.69) is 234 Å². The molecule has 3 aromatic heterocycles. The van der Waals surface area contributed by atoms with E-state index in [4.69, 9.17) is 23.7 Å². The molecule has 2 aliphatic heterocycles. The fourth-order valence-electron chi connectivity index (χ4n) is 10.1. The number of benzene rings is 6. The predicted octanol–water partition coefficient (Wildman–Crippen LogP) is 14.4. The van der Waals surface area contributed by atoms with Crippen molar-refractivity contribution in [2.45, 2.75) is 84.8 Å². The van der Waals surface area contributed by atoms with Gasteiger partial charge in [0.25, 0.3) is 0 Å². The Morgan fingerprint density at radius 3 is 1.90 bits per heavy atom. The van der Waals surface area contributed by atoms with Gasteiger partial charge in [-0.25, -0.2) is 4.98 Å². The highest BCUT2D eigenvalue weighted by Crippen LogP contribution is 2.47. The van der Waals surface area contributed by atoms with Crippen LogP contribution in [0.25, 0.3) is 49.9 Å². The normalized spacial score (nSPS) is 14.5. The Morgan fingerprint density at radius 1 is 0.535 bits per heavy atom. The van der Waals surface area contributed by atoms with Gasteiger partial charge in [-0.2, -0.15) is 0 Å². The van der Waals surface area contributed by atoms with Crippen LogP contribution < -0.4 is 15.3 Å². The van der Waals surface area contributed by atoms with Gasteiger partial charge in [0, 0.05) is 34.2 Å². The van der Waals surface area contributed by atoms with Crippen molar-refractivity contribution in [2.75, 3.05) is 16.5 Å². The number of fused-ring (bicyclic) bond motifs is 4. The van der Waals surface area contributed by atoms with E-state index >= 15 is 0 Å². The van der Waals surface area contributed by atoms with Crippen LogP contribution in [-0.2, 0) is 25.6 Å². The summed E-state index contributed by atoms with van der Waals surface area (Å²) in [4.78, 5) is 14.7. The SMILES string of the molecule is CC(C)(C)B1OB(c2cccc(-c3ccccc3)c2N2CN(c3cncc(Cc4ccc5c6cc(-c7ccccc7)ccc6n(-c6cc(C(C)(C)C)ccn6)c5c4)c3)c3ccccc32)OB(C(C)(C)C)O1. The number of hydrogen-bond acceptors (Lipinski definition) is 7. The number of rotatable bonds is 8. The smallest absolute Gasteiger partial charge is 0.452 e. The Kier molecular flexibility index (Phi) is 11.8. The van der Waals surface area contributed by atoms with Crippen molar-refractivity contribution in [3.8, 4) is 28.1 Å². The van der Waals surface area contributed by atoms with E-state index in [1.807, 2.05) is 18.6 Å². The Bertz CT molecular complexity index is 3390. The molecule has 9 aromatic rings.